The van der Waals surface area contributed by atoms with E-state index in [0.29, 0.717) is 0 Å². The van der Waals surface area contributed by atoms with Crippen LogP contribution in [0.15, 0.2) is 52.3 Å². The van der Waals surface area contributed by atoms with Gasteiger partial charge in [0, 0.05) is 9.79 Å². The van der Waals surface area contributed by atoms with Crippen molar-refractivity contribution < 1.29 is 0 Å². The first-order valence-electron chi connectivity index (χ1n) is 5.48. The summed E-state index contributed by atoms with van der Waals surface area (Å²) < 4.78 is 0. The first-order chi connectivity index (χ1) is 7.68. The van der Waals surface area contributed by atoms with Crippen molar-refractivity contribution in [2.75, 3.05) is 0 Å². The highest BCUT2D eigenvalue weighted by atomic mass is 32.2. The molecule has 0 saturated carbocycles. The zero-order valence-electron chi connectivity index (χ0n) is 9.95. The molecule has 82 valence electrons. The van der Waals surface area contributed by atoms with Crippen molar-refractivity contribution >= 4 is 11.8 Å². The topological polar surface area (TPSA) is 0 Å². The Morgan fingerprint density at radius 3 is 2.06 bits per heavy atom. The van der Waals surface area contributed by atoms with E-state index < -0.39 is 0 Å². The van der Waals surface area contributed by atoms with Gasteiger partial charge in [-0.15, -0.1) is 0 Å². The molecule has 0 N–H and O–H groups in total. The van der Waals surface area contributed by atoms with Crippen LogP contribution in [-0.4, -0.2) is 0 Å². The average Bonchev–Trinajstić information content (AvgIpc) is 2.28. The Hall–Kier alpha value is -1.21. The van der Waals surface area contributed by atoms with E-state index in [1.807, 2.05) is 11.8 Å². The number of rotatable bonds is 2. The third kappa shape index (κ3) is 2.30. The summed E-state index contributed by atoms with van der Waals surface area (Å²) in [5.74, 6) is 0. The maximum absolute atomic E-state index is 2.19. The smallest absolute Gasteiger partial charge is 0.0154 e. The van der Waals surface area contributed by atoms with Crippen molar-refractivity contribution in [1.82, 2.24) is 0 Å². The van der Waals surface area contributed by atoms with Crippen LogP contribution in [0.25, 0.3) is 0 Å². The van der Waals surface area contributed by atoms with Crippen LogP contribution in [0, 0.1) is 20.8 Å². The maximum Gasteiger partial charge on any atom is 0.0154 e. The lowest BCUT2D eigenvalue weighted by molar-refractivity contribution is 1.22. The van der Waals surface area contributed by atoms with Gasteiger partial charge in [0.05, 0.1) is 0 Å². The van der Waals surface area contributed by atoms with Crippen LogP contribution in [-0.2, 0) is 0 Å². The molecule has 16 heavy (non-hydrogen) atoms. The van der Waals surface area contributed by atoms with Gasteiger partial charge in [0.15, 0.2) is 0 Å². The Morgan fingerprint density at radius 1 is 0.688 bits per heavy atom. The molecule has 0 aliphatic carbocycles. The van der Waals surface area contributed by atoms with E-state index in [1.165, 1.54) is 26.5 Å². The van der Waals surface area contributed by atoms with Crippen molar-refractivity contribution in [3.05, 3.63) is 59.2 Å². The fourth-order valence-electron chi connectivity index (χ4n) is 1.62. The summed E-state index contributed by atoms with van der Waals surface area (Å²) >= 11 is 1.85. The van der Waals surface area contributed by atoms with Gasteiger partial charge in [-0.1, -0.05) is 42.1 Å². The standard InChI is InChI=1S/C15H16S/c1-11-8-6-10-15(13(11)3)16-14-9-5-4-7-12(14)2/h4-10H,1-3H3. The van der Waals surface area contributed by atoms with E-state index >= 15 is 0 Å². The fraction of sp³-hybridized carbons (Fsp3) is 0.200. The van der Waals surface area contributed by atoms with Crippen molar-refractivity contribution in [3.63, 3.8) is 0 Å². The Morgan fingerprint density at radius 2 is 1.31 bits per heavy atom. The van der Waals surface area contributed by atoms with E-state index in [-0.39, 0.29) is 0 Å². The fourth-order valence-corrected chi connectivity index (χ4v) is 2.70. The molecule has 0 fully saturated rings. The molecular formula is C15H16S. The summed E-state index contributed by atoms with van der Waals surface area (Å²) in [6.07, 6.45) is 0. The molecule has 0 aromatic heterocycles. The van der Waals surface area contributed by atoms with Crippen molar-refractivity contribution in [2.24, 2.45) is 0 Å². The number of benzene rings is 2. The van der Waals surface area contributed by atoms with Gasteiger partial charge in [0.1, 0.15) is 0 Å². The molecule has 0 bridgehead atoms. The van der Waals surface area contributed by atoms with Gasteiger partial charge >= 0.3 is 0 Å². The van der Waals surface area contributed by atoms with Crippen LogP contribution in [0.1, 0.15) is 16.7 Å². The molecule has 0 spiro atoms. The molecule has 2 aromatic carbocycles. The third-order valence-electron chi connectivity index (χ3n) is 2.87. The van der Waals surface area contributed by atoms with E-state index in [9.17, 15) is 0 Å². The van der Waals surface area contributed by atoms with Crippen LogP contribution < -0.4 is 0 Å². The van der Waals surface area contributed by atoms with Gasteiger partial charge < -0.3 is 0 Å². The van der Waals surface area contributed by atoms with E-state index in [4.69, 9.17) is 0 Å². The molecule has 0 amide bonds. The van der Waals surface area contributed by atoms with Crippen molar-refractivity contribution in [2.45, 2.75) is 30.6 Å². The molecule has 2 rings (SSSR count). The molecule has 0 heterocycles. The van der Waals surface area contributed by atoms with E-state index in [0.717, 1.165) is 0 Å². The Balaban J connectivity index is 2.35. The molecule has 0 atom stereocenters. The molecule has 0 unspecified atom stereocenters. The first-order valence-corrected chi connectivity index (χ1v) is 6.30. The van der Waals surface area contributed by atoms with Gasteiger partial charge in [-0.05, 0) is 49.6 Å². The highest BCUT2D eigenvalue weighted by Crippen LogP contribution is 2.33. The van der Waals surface area contributed by atoms with E-state index in [1.54, 1.807) is 0 Å². The molecular weight excluding hydrogens is 212 g/mol. The monoisotopic (exact) mass is 228 g/mol. The number of hydrogen-bond acceptors (Lipinski definition) is 1. The van der Waals surface area contributed by atoms with Gasteiger partial charge in [-0.3, -0.25) is 0 Å². The summed E-state index contributed by atoms with van der Waals surface area (Å²) in [5, 5.41) is 0. The minimum atomic E-state index is 1.34. The number of aryl methyl sites for hydroxylation is 2. The third-order valence-corrected chi connectivity index (χ3v) is 4.21. The normalized spacial score (nSPS) is 10.4. The molecule has 0 saturated heterocycles. The lowest BCUT2D eigenvalue weighted by atomic mass is 10.1. The average molecular weight is 228 g/mol. The van der Waals surface area contributed by atoms with E-state index in [2.05, 4.69) is 63.2 Å². The largest absolute Gasteiger partial charge is 0.0895 e. The predicted octanol–water partition coefficient (Wildman–Crippen LogP) is 4.76. The molecule has 0 aliphatic rings. The summed E-state index contributed by atoms with van der Waals surface area (Å²) in [6.45, 7) is 6.51. The zero-order chi connectivity index (χ0) is 11.5. The van der Waals surface area contributed by atoms with Gasteiger partial charge in [-0.25, -0.2) is 0 Å². The highest BCUT2D eigenvalue weighted by Gasteiger charge is 2.04. The van der Waals surface area contributed by atoms with Gasteiger partial charge in [-0.2, -0.15) is 0 Å². The quantitative estimate of drug-likeness (QED) is 0.714. The molecule has 0 nitrogen and oxygen atoms in total. The number of hydrogen-bond donors (Lipinski definition) is 0. The second-order valence-electron chi connectivity index (χ2n) is 4.07. The summed E-state index contributed by atoms with van der Waals surface area (Å²) in [4.78, 5) is 2.70. The Labute approximate surface area is 102 Å². The SMILES string of the molecule is Cc1ccccc1Sc1cccc(C)c1C. The second kappa shape index (κ2) is 4.75. The minimum Gasteiger partial charge on any atom is -0.0895 e. The van der Waals surface area contributed by atoms with Crippen molar-refractivity contribution in [1.29, 1.82) is 0 Å². The Bertz CT molecular complexity index is 501. The van der Waals surface area contributed by atoms with Gasteiger partial charge in [0.2, 0.25) is 0 Å². The lowest BCUT2D eigenvalue weighted by Gasteiger charge is -2.09. The Kier molecular flexibility index (Phi) is 3.35. The van der Waals surface area contributed by atoms with Crippen LogP contribution in [0.2, 0.25) is 0 Å². The molecule has 2 aromatic rings. The van der Waals surface area contributed by atoms with Crippen LogP contribution in [0.5, 0.6) is 0 Å². The predicted molar refractivity (Wildman–Crippen MR) is 71.2 cm³/mol. The highest BCUT2D eigenvalue weighted by molar-refractivity contribution is 7.99. The minimum absolute atomic E-state index is 1.34. The molecule has 0 aliphatic heterocycles. The van der Waals surface area contributed by atoms with Crippen molar-refractivity contribution in [3.8, 4) is 0 Å². The molecule has 0 radical (unpaired) electrons. The second-order valence-corrected chi connectivity index (χ2v) is 5.15. The van der Waals surface area contributed by atoms with Crippen LogP contribution in [0.3, 0.4) is 0 Å². The van der Waals surface area contributed by atoms with Crippen LogP contribution >= 0.6 is 11.8 Å². The van der Waals surface area contributed by atoms with Crippen LogP contribution in [0.4, 0.5) is 0 Å². The first kappa shape index (κ1) is 11.3. The summed E-state index contributed by atoms with van der Waals surface area (Å²) in [6, 6.07) is 15.0. The zero-order valence-corrected chi connectivity index (χ0v) is 10.8. The maximum atomic E-state index is 2.19. The summed E-state index contributed by atoms with van der Waals surface area (Å²) in [7, 11) is 0. The summed E-state index contributed by atoms with van der Waals surface area (Å²) in [5.41, 5.74) is 4.09. The lowest BCUT2D eigenvalue weighted by Crippen LogP contribution is -1.85. The van der Waals surface area contributed by atoms with Gasteiger partial charge in [0.25, 0.3) is 0 Å². The molecule has 1 heteroatoms.